The van der Waals surface area contributed by atoms with Crippen LogP contribution in [0.2, 0.25) is 0 Å². The Morgan fingerprint density at radius 1 is 1.20 bits per heavy atom. The molecule has 1 aromatic rings. The predicted molar refractivity (Wildman–Crippen MR) is 83.4 cm³/mol. The number of hydrogen-bond acceptors (Lipinski definition) is 3. The van der Waals surface area contributed by atoms with Gasteiger partial charge in [0.25, 0.3) is 0 Å². The lowest BCUT2D eigenvalue weighted by atomic mass is 9.99. The average molecular weight is 277 g/mol. The van der Waals surface area contributed by atoms with Crippen LogP contribution in [0.15, 0.2) is 18.2 Å². The fourth-order valence-corrected chi connectivity index (χ4v) is 2.38. The van der Waals surface area contributed by atoms with Gasteiger partial charge in [-0.1, -0.05) is 12.1 Å². The summed E-state index contributed by atoms with van der Waals surface area (Å²) < 4.78 is 5.14. The van der Waals surface area contributed by atoms with E-state index in [2.05, 4.69) is 25.7 Å². The van der Waals surface area contributed by atoms with E-state index in [1.807, 2.05) is 32.0 Å². The maximum atomic E-state index is 12.6. The summed E-state index contributed by atoms with van der Waals surface area (Å²) in [6, 6.07) is 6.12. The molecule has 0 radical (unpaired) electrons. The Hall–Kier alpha value is -1.19. The van der Waals surface area contributed by atoms with Crippen molar-refractivity contribution in [2.24, 2.45) is 0 Å². The standard InChI is InChI=1S/C17H27NO2/c1-12(2)18(9-10-20-6)15(5)17(19)16-8-7-13(3)14(4)11-16/h7-8,11-12,15H,9-10H2,1-6H3. The zero-order valence-corrected chi connectivity index (χ0v) is 13.6. The number of methoxy groups -OCH3 is 1. The Bertz CT molecular complexity index is 454. The maximum Gasteiger partial charge on any atom is 0.179 e. The van der Waals surface area contributed by atoms with Crippen LogP contribution in [0.3, 0.4) is 0 Å². The summed E-state index contributed by atoms with van der Waals surface area (Å²) in [4.78, 5) is 14.8. The molecule has 0 N–H and O–H groups in total. The number of nitrogens with zero attached hydrogens (tertiary/aromatic N) is 1. The van der Waals surface area contributed by atoms with Crippen molar-refractivity contribution in [1.82, 2.24) is 4.90 Å². The zero-order valence-electron chi connectivity index (χ0n) is 13.6. The molecular formula is C17H27NO2. The van der Waals surface area contributed by atoms with Crippen molar-refractivity contribution in [3.05, 3.63) is 34.9 Å². The van der Waals surface area contributed by atoms with Crippen molar-refractivity contribution >= 4 is 5.78 Å². The highest BCUT2D eigenvalue weighted by atomic mass is 16.5. The molecule has 0 aliphatic rings. The van der Waals surface area contributed by atoms with Crippen LogP contribution in [0, 0.1) is 13.8 Å². The van der Waals surface area contributed by atoms with Gasteiger partial charge in [-0.2, -0.15) is 0 Å². The minimum absolute atomic E-state index is 0.132. The topological polar surface area (TPSA) is 29.5 Å². The summed E-state index contributed by atoms with van der Waals surface area (Å²) in [6.45, 7) is 11.7. The van der Waals surface area contributed by atoms with Crippen LogP contribution >= 0.6 is 0 Å². The van der Waals surface area contributed by atoms with E-state index >= 15 is 0 Å². The third kappa shape index (κ3) is 4.15. The molecule has 0 aromatic heterocycles. The lowest BCUT2D eigenvalue weighted by Gasteiger charge is -2.31. The summed E-state index contributed by atoms with van der Waals surface area (Å²) in [5, 5.41) is 0. The third-order valence-corrected chi connectivity index (χ3v) is 3.89. The van der Waals surface area contributed by atoms with Crippen LogP contribution in [0.4, 0.5) is 0 Å². The Morgan fingerprint density at radius 3 is 2.35 bits per heavy atom. The number of Topliss-reactive ketones (excluding diaryl/α,β-unsaturated/α-hetero) is 1. The molecule has 0 spiro atoms. The SMILES string of the molecule is COCCN(C(C)C)C(C)C(=O)c1ccc(C)c(C)c1. The van der Waals surface area contributed by atoms with E-state index in [0.29, 0.717) is 12.6 Å². The van der Waals surface area contributed by atoms with Crippen LogP contribution in [0.25, 0.3) is 0 Å². The smallest absolute Gasteiger partial charge is 0.179 e. The number of ketones is 1. The molecule has 1 atom stereocenters. The number of carbonyl (C=O) groups excluding carboxylic acids is 1. The number of hydrogen-bond donors (Lipinski definition) is 0. The second kappa shape index (κ2) is 7.55. The molecule has 1 unspecified atom stereocenters. The summed E-state index contributed by atoms with van der Waals surface area (Å²) in [5.41, 5.74) is 3.18. The summed E-state index contributed by atoms with van der Waals surface area (Å²) >= 11 is 0. The number of ether oxygens (including phenoxy) is 1. The van der Waals surface area contributed by atoms with Gasteiger partial charge in [0.1, 0.15) is 0 Å². The fraction of sp³-hybridized carbons (Fsp3) is 0.588. The van der Waals surface area contributed by atoms with E-state index in [0.717, 1.165) is 17.7 Å². The Morgan fingerprint density at radius 2 is 1.85 bits per heavy atom. The normalized spacial score (nSPS) is 13.0. The van der Waals surface area contributed by atoms with E-state index in [1.54, 1.807) is 7.11 Å². The van der Waals surface area contributed by atoms with Gasteiger partial charge in [-0.05, 0) is 51.8 Å². The van der Waals surface area contributed by atoms with Crippen LogP contribution in [-0.4, -0.2) is 43.0 Å². The van der Waals surface area contributed by atoms with Crippen molar-refractivity contribution in [3.8, 4) is 0 Å². The molecule has 0 saturated heterocycles. The lowest BCUT2D eigenvalue weighted by Crippen LogP contribution is -2.45. The van der Waals surface area contributed by atoms with Crippen LogP contribution in [0.5, 0.6) is 0 Å². The minimum atomic E-state index is -0.132. The quantitative estimate of drug-likeness (QED) is 0.717. The zero-order chi connectivity index (χ0) is 15.3. The molecular weight excluding hydrogens is 250 g/mol. The molecule has 1 rings (SSSR count). The van der Waals surface area contributed by atoms with Gasteiger partial charge in [-0.15, -0.1) is 0 Å². The molecule has 112 valence electrons. The van der Waals surface area contributed by atoms with Crippen molar-refractivity contribution < 1.29 is 9.53 Å². The molecule has 3 nitrogen and oxygen atoms in total. The molecule has 1 aromatic carbocycles. The monoisotopic (exact) mass is 277 g/mol. The van der Waals surface area contributed by atoms with E-state index in [9.17, 15) is 4.79 Å². The Balaban J connectivity index is 2.89. The highest BCUT2D eigenvalue weighted by molar-refractivity contribution is 6.00. The van der Waals surface area contributed by atoms with Gasteiger partial charge < -0.3 is 4.74 Å². The third-order valence-electron chi connectivity index (χ3n) is 3.89. The molecule has 3 heteroatoms. The van der Waals surface area contributed by atoms with Gasteiger partial charge in [-0.25, -0.2) is 0 Å². The number of carbonyl (C=O) groups is 1. The Labute approximate surface area is 122 Å². The van der Waals surface area contributed by atoms with Crippen molar-refractivity contribution in [2.45, 2.75) is 46.7 Å². The van der Waals surface area contributed by atoms with Gasteiger partial charge in [0.2, 0.25) is 0 Å². The van der Waals surface area contributed by atoms with Gasteiger partial charge >= 0.3 is 0 Å². The summed E-state index contributed by atoms with van der Waals surface area (Å²) in [5.74, 6) is 0.179. The molecule has 0 amide bonds. The van der Waals surface area contributed by atoms with Crippen LogP contribution < -0.4 is 0 Å². The van der Waals surface area contributed by atoms with E-state index in [1.165, 1.54) is 5.56 Å². The molecule has 0 saturated carbocycles. The van der Waals surface area contributed by atoms with Crippen LogP contribution in [0.1, 0.15) is 42.3 Å². The molecule has 0 bridgehead atoms. The average Bonchev–Trinajstić information content (AvgIpc) is 2.41. The first-order valence-corrected chi connectivity index (χ1v) is 7.24. The fourth-order valence-electron chi connectivity index (χ4n) is 2.38. The highest BCUT2D eigenvalue weighted by Gasteiger charge is 2.24. The second-order valence-corrected chi connectivity index (χ2v) is 5.66. The number of rotatable bonds is 7. The maximum absolute atomic E-state index is 12.6. The van der Waals surface area contributed by atoms with Gasteiger partial charge in [0.15, 0.2) is 5.78 Å². The molecule has 0 fully saturated rings. The highest BCUT2D eigenvalue weighted by Crippen LogP contribution is 2.15. The molecule has 0 aliphatic heterocycles. The lowest BCUT2D eigenvalue weighted by molar-refractivity contribution is 0.0698. The molecule has 0 heterocycles. The van der Waals surface area contributed by atoms with Crippen molar-refractivity contribution in [3.63, 3.8) is 0 Å². The van der Waals surface area contributed by atoms with Gasteiger partial charge in [-0.3, -0.25) is 9.69 Å². The van der Waals surface area contributed by atoms with E-state index < -0.39 is 0 Å². The first-order chi connectivity index (χ1) is 9.38. The Kier molecular flexibility index (Phi) is 6.37. The summed E-state index contributed by atoms with van der Waals surface area (Å²) in [7, 11) is 1.69. The first kappa shape index (κ1) is 16.9. The second-order valence-electron chi connectivity index (χ2n) is 5.66. The number of aryl methyl sites for hydroxylation is 2. The predicted octanol–water partition coefficient (Wildman–Crippen LogP) is 3.23. The van der Waals surface area contributed by atoms with Crippen molar-refractivity contribution in [1.29, 1.82) is 0 Å². The molecule has 0 aliphatic carbocycles. The first-order valence-electron chi connectivity index (χ1n) is 7.24. The largest absolute Gasteiger partial charge is 0.383 e. The van der Waals surface area contributed by atoms with Gasteiger partial charge in [0.05, 0.1) is 12.6 Å². The van der Waals surface area contributed by atoms with Crippen LogP contribution in [-0.2, 0) is 4.74 Å². The summed E-state index contributed by atoms with van der Waals surface area (Å²) in [6.07, 6.45) is 0. The van der Waals surface area contributed by atoms with E-state index in [4.69, 9.17) is 4.74 Å². The molecule has 20 heavy (non-hydrogen) atoms. The number of benzene rings is 1. The van der Waals surface area contributed by atoms with Gasteiger partial charge in [0, 0.05) is 25.3 Å². The van der Waals surface area contributed by atoms with E-state index in [-0.39, 0.29) is 11.8 Å². The minimum Gasteiger partial charge on any atom is -0.383 e. The van der Waals surface area contributed by atoms with Crippen molar-refractivity contribution in [2.75, 3.05) is 20.3 Å².